The Labute approximate surface area is 137 Å². The second kappa shape index (κ2) is 5.84. The summed E-state index contributed by atoms with van der Waals surface area (Å²) in [6, 6.07) is 8.93. The lowest BCUT2D eigenvalue weighted by Crippen LogP contribution is -2.38. The number of urea groups is 1. The van der Waals surface area contributed by atoms with Gasteiger partial charge in [-0.1, -0.05) is 19.1 Å². The third kappa shape index (κ3) is 2.56. The van der Waals surface area contributed by atoms with Crippen LogP contribution in [0.4, 0.5) is 10.5 Å². The number of anilines is 1. The van der Waals surface area contributed by atoms with Crippen molar-refractivity contribution in [1.82, 2.24) is 4.90 Å². The van der Waals surface area contributed by atoms with Gasteiger partial charge in [-0.05, 0) is 49.0 Å². The fourth-order valence-corrected chi connectivity index (χ4v) is 3.80. The zero-order valence-corrected chi connectivity index (χ0v) is 13.7. The van der Waals surface area contributed by atoms with Gasteiger partial charge in [-0.3, -0.25) is 9.89 Å². The molecule has 0 spiro atoms. The molecule has 23 heavy (non-hydrogen) atoms. The molecule has 2 fully saturated rings. The maximum Gasteiger partial charge on any atom is 0.324 e. The van der Waals surface area contributed by atoms with E-state index < -0.39 is 0 Å². The van der Waals surface area contributed by atoms with Crippen molar-refractivity contribution in [3.05, 3.63) is 41.6 Å². The van der Waals surface area contributed by atoms with Crippen LogP contribution in [0, 0.1) is 0 Å². The van der Waals surface area contributed by atoms with Gasteiger partial charge in [0.15, 0.2) is 0 Å². The van der Waals surface area contributed by atoms with Crippen molar-refractivity contribution in [3.8, 4) is 0 Å². The molecule has 3 heterocycles. The molecule has 4 rings (SSSR count). The molecule has 1 aromatic carbocycles. The molecule has 2 amide bonds. The smallest absolute Gasteiger partial charge is 0.320 e. The Morgan fingerprint density at radius 3 is 2.74 bits per heavy atom. The number of allylic oxidation sites excluding steroid dienone is 1. The van der Waals surface area contributed by atoms with E-state index in [2.05, 4.69) is 41.1 Å². The molecule has 2 saturated heterocycles. The van der Waals surface area contributed by atoms with Gasteiger partial charge in [0, 0.05) is 31.4 Å². The van der Waals surface area contributed by atoms with Crippen molar-refractivity contribution >= 4 is 17.4 Å². The Morgan fingerprint density at radius 1 is 1.22 bits per heavy atom. The summed E-state index contributed by atoms with van der Waals surface area (Å²) in [4.78, 5) is 21.1. The molecule has 3 aliphatic rings. The standard InChI is InChI=1S/C19H23N3O/c1-2-14-11-18(20-12-14)15-6-8-16(9-7-15)22-13-17-5-3-4-10-21(17)19(22)23/h6-9,12,17H,2-5,10-11,13H2,1H3/t17-/m0/s1. The first-order valence-corrected chi connectivity index (χ1v) is 8.69. The van der Waals surface area contributed by atoms with Gasteiger partial charge in [0.25, 0.3) is 0 Å². The van der Waals surface area contributed by atoms with E-state index in [1.54, 1.807) is 0 Å². The number of hydrogen-bond acceptors (Lipinski definition) is 2. The molecule has 120 valence electrons. The summed E-state index contributed by atoms with van der Waals surface area (Å²) < 4.78 is 0. The number of nitrogens with zero attached hydrogens (tertiary/aromatic N) is 3. The van der Waals surface area contributed by atoms with Crippen molar-refractivity contribution in [2.45, 2.75) is 45.1 Å². The number of benzene rings is 1. The van der Waals surface area contributed by atoms with E-state index in [0.717, 1.165) is 55.7 Å². The van der Waals surface area contributed by atoms with E-state index in [0.29, 0.717) is 6.04 Å². The van der Waals surface area contributed by atoms with Crippen LogP contribution in [0.25, 0.3) is 0 Å². The maximum absolute atomic E-state index is 12.6. The van der Waals surface area contributed by atoms with Gasteiger partial charge in [0.2, 0.25) is 0 Å². The Balaban J connectivity index is 1.50. The lowest BCUT2D eigenvalue weighted by Gasteiger charge is -2.27. The van der Waals surface area contributed by atoms with Crippen LogP contribution in [0.5, 0.6) is 0 Å². The monoisotopic (exact) mass is 309 g/mol. The van der Waals surface area contributed by atoms with Gasteiger partial charge in [0.1, 0.15) is 0 Å². The molecule has 0 aliphatic carbocycles. The van der Waals surface area contributed by atoms with E-state index >= 15 is 0 Å². The van der Waals surface area contributed by atoms with Gasteiger partial charge in [-0.15, -0.1) is 0 Å². The molecule has 0 N–H and O–H groups in total. The SMILES string of the molecule is CCC1=CN=C(c2ccc(N3C[C@@H]4CCCCN4C3=O)cc2)C1. The van der Waals surface area contributed by atoms with Crippen LogP contribution in [0.3, 0.4) is 0 Å². The summed E-state index contributed by atoms with van der Waals surface area (Å²) in [5.74, 6) is 0. The highest BCUT2D eigenvalue weighted by Crippen LogP contribution is 2.30. The van der Waals surface area contributed by atoms with Crippen LogP contribution >= 0.6 is 0 Å². The largest absolute Gasteiger partial charge is 0.324 e. The van der Waals surface area contributed by atoms with Gasteiger partial charge in [-0.2, -0.15) is 0 Å². The molecule has 0 bridgehead atoms. The number of carbonyl (C=O) groups is 1. The van der Waals surface area contributed by atoms with Crippen LogP contribution in [-0.2, 0) is 0 Å². The third-order valence-electron chi connectivity index (χ3n) is 5.26. The first kappa shape index (κ1) is 14.5. The Bertz CT molecular complexity index is 674. The summed E-state index contributed by atoms with van der Waals surface area (Å²) in [7, 11) is 0. The van der Waals surface area contributed by atoms with Gasteiger partial charge in [-0.25, -0.2) is 4.79 Å². The van der Waals surface area contributed by atoms with Crippen LogP contribution in [0.2, 0.25) is 0 Å². The second-order valence-corrected chi connectivity index (χ2v) is 6.68. The Morgan fingerprint density at radius 2 is 2.04 bits per heavy atom. The minimum atomic E-state index is 0.176. The first-order valence-electron chi connectivity index (χ1n) is 8.69. The van der Waals surface area contributed by atoms with E-state index in [4.69, 9.17) is 0 Å². The summed E-state index contributed by atoms with van der Waals surface area (Å²) in [5.41, 5.74) is 4.70. The molecule has 0 unspecified atom stereocenters. The highest BCUT2D eigenvalue weighted by atomic mass is 16.2. The highest BCUT2D eigenvalue weighted by Gasteiger charge is 2.38. The quantitative estimate of drug-likeness (QED) is 0.832. The van der Waals surface area contributed by atoms with Crippen LogP contribution < -0.4 is 4.90 Å². The van der Waals surface area contributed by atoms with Crippen molar-refractivity contribution < 1.29 is 4.79 Å². The molecular weight excluding hydrogens is 286 g/mol. The Kier molecular flexibility index (Phi) is 3.68. The van der Waals surface area contributed by atoms with E-state index in [-0.39, 0.29) is 6.03 Å². The average Bonchev–Trinajstić information content (AvgIpc) is 3.20. The molecule has 1 aromatic rings. The van der Waals surface area contributed by atoms with Crippen molar-refractivity contribution in [3.63, 3.8) is 0 Å². The number of fused-ring (bicyclic) bond motifs is 1. The molecular formula is C19H23N3O. The minimum absolute atomic E-state index is 0.176. The minimum Gasteiger partial charge on any atom is -0.320 e. The lowest BCUT2D eigenvalue weighted by atomic mass is 10.0. The zero-order valence-electron chi connectivity index (χ0n) is 13.7. The summed E-state index contributed by atoms with van der Waals surface area (Å²) in [6.07, 6.45) is 7.53. The second-order valence-electron chi connectivity index (χ2n) is 6.68. The van der Waals surface area contributed by atoms with E-state index in [9.17, 15) is 4.79 Å². The number of hydrogen-bond donors (Lipinski definition) is 0. The summed E-state index contributed by atoms with van der Waals surface area (Å²) >= 11 is 0. The predicted octanol–water partition coefficient (Wildman–Crippen LogP) is 3.97. The number of amides is 2. The maximum atomic E-state index is 12.6. The fraction of sp³-hybridized carbons (Fsp3) is 0.474. The summed E-state index contributed by atoms with van der Waals surface area (Å²) in [6.45, 7) is 3.92. The van der Waals surface area contributed by atoms with Crippen LogP contribution in [0.1, 0.15) is 44.6 Å². The van der Waals surface area contributed by atoms with Crippen LogP contribution in [0.15, 0.2) is 41.0 Å². The highest BCUT2D eigenvalue weighted by molar-refractivity contribution is 6.04. The molecule has 4 heteroatoms. The molecule has 1 atom stereocenters. The van der Waals surface area contributed by atoms with Crippen molar-refractivity contribution in [2.75, 3.05) is 18.0 Å². The normalized spacial score (nSPS) is 23.9. The molecule has 4 nitrogen and oxygen atoms in total. The van der Waals surface area contributed by atoms with Gasteiger partial charge in [0.05, 0.1) is 11.8 Å². The van der Waals surface area contributed by atoms with Gasteiger partial charge < -0.3 is 4.90 Å². The Hall–Kier alpha value is -2.10. The van der Waals surface area contributed by atoms with Crippen LogP contribution in [-0.4, -0.2) is 35.8 Å². The average molecular weight is 309 g/mol. The first-order chi connectivity index (χ1) is 11.3. The van der Waals surface area contributed by atoms with E-state index in [1.165, 1.54) is 12.0 Å². The molecule has 0 aromatic heterocycles. The number of piperidine rings is 1. The van der Waals surface area contributed by atoms with Crippen molar-refractivity contribution in [2.24, 2.45) is 4.99 Å². The van der Waals surface area contributed by atoms with E-state index in [1.807, 2.05) is 11.1 Å². The lowest BCUT2D eigenvalue weighted by molar-refractivity contribution is 0.187. The molecule has 3 aliphatic heterocycles. The zero-order chi connectivity index (χ0) is 15.8. The molecule has 0 radical (unpaired) electrons. The van der Waals surface area contributed by atoms with Crippen molar-refractivity contribution in [1.29, 1.82) is 0 Å². The third-order valence-corrected chi connectivity index (χ3v) is 5.26. The number of carbonyl (C=O) groups excluding carboxylic acids is 1. The predicted molar refractivity (Wildman–Crippen MR) is 93.1 cm³/mol. The molecule has 0 saturated carbocycles. The summed E-state index contributed by atoms with van der Waals surface area (Å²) in [5, 5.41) is 0. The topological polar surface area (TPSA) is 35.9 Å². The van der Waals surface area contributed by atoms with Gasteiger partial charge >= 0.3 is 6.03 Å². The fourth-order valence-electron chi connectivity index (χ4n) is 3.80. The number of aliphatic imine (C=N–C) groups is 1. The number of rotatable bonds is 3.